The van der Waals surface area contributed by atoms with Crippen molar-refractivity contribution in [3.63, 3.8) is 0 Å². The SMILES string of the molecule is CC(C)c1nc2c(c(-c3ccc(F)cc3)c1C=O)CN(C)CC2(C)C. The van der Waals surface area contributed by atoms with E-state index in [4.69, 9.17) is 4.98 Å². The molecule has 2 aromatic rings. The lowest BCUT2D eigenvalue weighted by molar-refractivity contribution is 0.112. The summed E-state index contributed by atoms with van der Waals surface area (Å²) < 4.78 is 13.4. The van der Waals surface area contributed by atoms with Crippen LogP contribution < -0.4 is 0 Å². The van der Waals surface area contributed by atoms with Crippen molar-refractivity contribution < 1.29 is 9.18 Å². The highest BCUT2D eigenvalue weighted by Gasteiger charge is 2.35. The van der Waals surface area contributed by atoms with Crippen molar-refractivity contribution in [3.8, 4) is 11.1 Å². The third kappa shape index (κ3) is 3.11. The molecule has 0 N–H and O–H groups in total. The van der Waals surface area contributed by atoms with Gasteiger partial charge in [-0.2, -0.15) is 0 Å². The summed E-state index contributed by atoms with van der Waals surface area (Å²) in [5.74, 6) is -0.138. The molecule has 0 bridgehead atoms. The first-order valence-corrected chi connectivity index (χ1v) is 8.71. The Morgan fingerprint density at radius 2 is 1.88 bits per heavy atom. The minimum atomic E-state index is -0.277. The number of carbonyl (C=O) groups excluding carboxylic acids is 1. The molecule has 25 heavy (non-hydrogen) atoms. The Kier molecular flexibility index (Phi) is 4.50. The number of carbonyl (C=O) groups is 1. The van der Waals surface area contributed by atoms with Crippen LogP contribution in [-0.2, 0) is 12.0 Å². The minimum absolute atomic E-state index is 0.109. The number of nitrogens with zero attached hydrogens (tertiary/aromatic N) is 2. The van der Waals surface area contributed by atoms with Crippen molar-refractivity contribution in [1.29, 1.82) is 0 Å². The molecular formula is C21H25FN2O. The molecule has 0 radical (unpaired) electrons. The molecule has 0 fully saturated rings. The number of halogens is 1. The van der Waals surface area contributed by atoms with E-state index in [-0.39, 0.29) is 17.2 Å². The average Bonchev–Trinajstić information content (AvgIpc) is 2.53. The van der Waals surface area contributed by atoms with Crippen LogP contribution in [0.4, 0.5) is 4.39 Å². The molecule has 3 rings (SSSR count). The summed E-state index contributed by atoms with van der Waals surface area (Å²) in [5, 5.41) is 0. The topological polar surface area (TPSA) is 33.2 Å². The van der Waals surface area contributed by atoms with Crippen LogP contribution in [0.1, 0.15) is 60.9 Å². The van der Waals surface area contributed by atoms with E-state index in [1.54, 1.807) is 12.1 Å². The monoisotopic (exact) mass is 340 g/mol. The summed E-state index contributed by atoms with van der Waals surface area (Å²) in [4.78, 5) is 19.2. The average molecular weight is 340 g/mol. The smallest absolute Gasteiger partial charge is 0.152 e. The highest BCUT2D eigenvalue weighted by atomic mass is 19.1. The first-order chi connectivity index (χ1) is 11.7. The van der Waals surface area contributed by atoms with Crippen LogP contribution in [0.5, 0.6) is 0 Å². The van der Waals surface area contributed by atoms with Gasteiger partial charge in [0.1, 0.15) is 5.82 Å². The molecule has 1 aromatic heterocycles. The molecule has 0 saturated carbocycles. The number of likely N-dealkylation sites (N-methyl/N-ethyl adjacent to an activating group) is 1. The van der Waals surface area contributed by atoms with Gasteiger partial charge < -0.3 is 4.90 Å². The van der Waals surface area contributed by atoms with Crippen LogP contribution in [0, 0.1) is 5.82 Å². The zero-order valence-corrected chi connectivity index (χ0v) is 15.6. The molecule has 2 heterocycles. The van der Waals surface area contributed by atoms with Gasteiger partial charge in [0.25, 0.3) is 0 Å². The highest BCUT2D eigenvalue weighted by Crippen LogP contribution is 2.40. The number of rotatable bonds is 3. The standard InChI is InChI=1S/C21H25FN2O/c1-13(2)19-17(11-25)18(14-6-8-15(22)9-7-14)16-10-24(5)12-21(3,4)20(16)23-19/h6-9,11,13H,10,12H2,1-5H3. The number of hydrogen-bond acceptors (Lipinski definition) is 3. The first-order valence-electron chi connectivity index (χ1n) is 8.71. The Bertz CT molecular complexity index is 810. The molecule has 132 valence electrons. The third-order valence-corrected chi connectivity index (χ3v) is 4.90. The summed E-state index contributed by atoms with van der Waals surface area (Å²) in [6.45, 7) is 10.1. The van der Waals surface area contributed by atoms with E-state index in [0.29, 0.717) is 5.56 Å². The van der Waals surface area contributed by atoms with Crippen LogP contribution >= 0.6 is 0 Å². The molecule has 0 unspecified atom stereocenters. The van der Waals surface area contributed by atoms with Crippen LogP contribution in [0.25, 0.3) is 11.1 Å². The quantitative estimate of drug-likeness (QED) is 0.769. The van der Waals surface area contributed by atoms with E-state index in [9.17, 15) is 9.18 Å². The van der Waals surface area contributed by atoms with E-state index in [1.165, 1.54) is 12.1 Å². The van der Waals surface area contributed by atoms with Crippen molar-refractivity contribution in [2.75, 3.05) is 13.6 Å². The molecular weight excluding hydrogens is 315 g/mol. The molecule has 3 nitrogen and oxygen atoms in total. The van der Waals surface area contributed by atoms with E-state index in [1.807, 2.05) is 0 Å². The van der Waals surface area contributed by atoms with Gasteiger partial charge in [0.15, 0.2) is 6.29 Å². The number of aromatic nitrogens is 1. The minimum Gasteiger partial charge on any atom is -0.301 e. The van der Waals surface area contributed by atoms with E-state index >= 15 is 0 Å². The van der Waals surface area contributed by atoms with Crippen molar-refractivity contribution >= 4 is 6.29 Å². The molecule has 0 atom stereocenters. The van der Waals surface area contributed by atoms with Crippen LogP contribution in [0.2, 0.25) is 0 Å². The normalized spacial score (nSPS) is 16.8. The van der Waals surface area contributed by atoms with Crippen molar-refractivity contribution in [1.82, 2.24) is 9.88 Å². The van der Waals surface area contributed by atoms with E-state index in [2.05, 4.69) is 39.6 Å². The maximum atomic E-state index is 13.4. The maximum Gasteiger partial charge on any atom is 0.152 e. The molecule has 1 aliphatic rings. The summed E-state index contributed by atoms with van der Waals surface area (Å²) in [6, 6.07) is 6.40. The predicted octanol–water partition coefficient (Wildman–Crippen LogP) is 4.55. The third-order valence-electron chi connectivity index (χ3n) is 4.90. The van der Waals surface area contributed by atoms with E-state index in [0.717, 1.165) is 47.5 Å². The Balaban J connectivity index is 2.40. The number of hydrogen-bond donors (Lipinski definition) is 0. The van der Waals surface area contributed by atoms with Crippen LogP contribution in [0.3, 0.4) is 0 Å². The first kappa shape index (κ1) is 17.7. The summed E-state index contributed by atoms with van der Waals surface area (Å²) in [7, 11) is 2.08. The van der Waals surface area contributed by atoms with Gasteiger partial charge in [0.05, 0.1) is 11.4 Å². The van der Waals surface area contributed by atoms with Crippen molar-refractivity contribution in [2.24, 2.45) is 0 Å². The lowest BCUT2D eigenvalue weighted by Gasteiger charge is -2.39. The zero-order chi connectivity index (χ0) is 18.4. The number of pyridine rings is 1. The lowest BCUT2D eigenvalue weighted by Crippen LogP contribution is -2.41. The van der Waals surface area contributed by atoms with Gasteiger partial charge in [-0.3, -0.25) is 9.78 Å². The Morgan fingerprint density at radius 3 is 2.44 bits per heavy atom. The fourth-order valence-corrected chi connectivity index (χ4v) is 3.95. The Morgan fingerprint density at radius 1 is 1.24 bits per heavy atom. The fraction of sp³-hybridized carbons (Fsp3) is 0.429. The van der Waals surface area contributed by atoms with Gasteiger partial charge in [0, 0.05) is 29.6 Å². The summed E-state index contributed by atoms with van der Waals surface area (Å²) in [5.41, 5.74) is 5.26. The molecule has 0 spiro atoms. The molecule has 1 aromatic carbocycles. The molecule has 0 aliphatic carbocycles. The molecule has 0 amide bonds. The number of benzene rings is 1. The van der Waals surface area contributed by atoms with Crippen LogP contribution in [0.15, 0.2) is 24.3 Å². The zero-order valence-electron chi connectivity index (χ0n) is 15.6. The summed E-state index contributed by atoms with van der Waals surface area (Å²) >= 11 is 0. The summed E-state index contributed by atoms with van der Waals surface area (Å²) in [6.07, 6.45) is 0.906. The predicted molar refractivity (Wildman–Crippen MR) is 98.5 cm³/mol. The van der Waals surface area contributed by atoms with Gasteiger partial charge in [0.2, 0.25) is 0 Å². The second-order valence-electron chi connectivity index (χ2n) is 7.95. The molecule has 4 heteroatoms. The Labute approximate surface area is 148 Å². The van der Waals surface area contributed by atoms with Crippen LogP contribution in [-0.4, -0.2) is 29.8 Å². The van der Waals surface area contributed by atoms with Gasteiger partial charge in [-0.25, -0.2) is 4.39 Å². The number of aldehydes is 1. The van der Waals surface area contributed by atoms with Crippen molar-refractivity contribution in [3.05, 3.63) is 52.6 Å². The molecule has 0 saturated heterocycles. The number of fused-ring (bicyclic) bond motifs is 1. The maximum absolute atomic E-state index is 13.4. The lowest BCUT2D eigenvalue weighted by atomic mass is 9.78. The fourth-order valence-electron chi connectivity index (χ4n) is 3.95. The Hall–Kier alpha value is -2.07. The molecule has 1 aliphatic heterocycles. The van der Waals surface area contributed by atoms with Gasteiger partial charge in [-0.05, 0) is 36.2 Å². The largest absolute Gasteiger partial charge is 0.301 e. The van der Waals surface area contributed by atoms with Gasteiger partial charge in [-0.15, -0.1) is 0 Å². The highest BCUT2D eigenvalue weighted by molar-refractivity contribution is 5.91. The van der Waals surface area contributed by atoms with Crippen molar-refractivity contribution in [2.45, 2.75) is 45.6 Å². The van der Waals surface area contributed by atoms with E-state index < -0.39 is 0 Å². The van der Waals surface area contributed by atoms with Gasteiger partial charge in [-0.1, -0.05) is 39.8 Å². The van der Waals surface area contributed by atoms with Gasteiger partial charge >= 0.3 is 0 Å². The second-order valence-corrected chi connectivity index (χ2v) is 7.95. The second kappa shape index (κ2) is 6.34.